The summed E-state index contributed by atoms with van der Waals surface area (Å²) in [6.07, 6.45) is 4.25. The molecule has 1 aliphatic rings. The Morgan fingerprint density at radius 1 is 1.56 bits per heavy atom. The number of carbonyl (C=O) groups is 1. The number of rotatable bonds is 6. The first kappa shape index (κ1) is 13.6. The molecule has 1 aromatic heterocycles. The summed E-state index contributed by atoms with van der Waals surface area (Å²) in [6.45, 7) is 3.11. The molecule has 0 aliphatic carbocycles. The maximum absolute atomic E-state index is 11.9. The fourth-order valence-corrected chi connectivity index (χ4v) is 3.24. The summed E-state index contributed by atoms with van der Waals surface area (Å²) >= 11 is 1.74. The summed E-state index contributed by atoms with van der Waals surface area (Å²) in [5, 5.41) is 12.1. The fraction of sp³-hybridized carbons (Fsp3) is 0.643. The van der Waals surface area contributed by atoms with Crippen LogP contribution in [0, 0.1) is 0 Å². The predicted octanol–water partition coefficient (Wildman–Crippen LogP) is 2.44. The van der Waals surface area contributed by atoms with Gasteiger partial charge in [0, 0.05) is 11.3 Å². The van der Waals surface area contributed by atoms with Crippen LogP contribution in [0.1, 0.15) is 37.5 Å². The number of carbonyl (C=O) groups excluding carboxylic acids is 1. The molecule has 2 heterocycles. The summed E-state index contributed by atoms with van der Waals surface area (Å²) in [5.74, 6) is 0.187. The number of aryl methyl sites for hydroxylation is 1. The lowest BCUT2D eigenvalue weighted by Gasteiger charge is -2.46. The third-order valence-corrected chi connectivity index (χ3v) is 4.37. The summed E-state index contributed by atoms with van der Waals surface area (Å²) in [4.78, 5) is 15.0. The van der Waals surface area contributed by atoms with Gasteiger partial charge < -0.3 is 10.0 Å². The molecule has 0 atom stereocenters. The minimum Gasteiger partial charge on any atom is -0.386 e. The first-order chi connectivity index (χ1) is 8.63. The second kappa shape index (κ2) is 5.85. The van der Waals surface area contributed by atoms with E-state index in [0.29, 0.717) is 19.5 Å². The first-order valence-electron chi connectivity index (χ1n) is 6.65. The van der Waals surface area contributed by atoms with Gasteiger partial charge in [-0.1, -0.05) is 19.4 Å². The Kier molecular flexibility index (Phi) is 4.40. The van der Waals surface area contributed by atoms with Crippen LogP contribution in [-0.4, -0.2) is 34.6 Å². The maximum atomic E-state index is 11.9. The minimum atomic E-state index is -0.599. The van der Waals surface area contributed by atoms with Crippen LogP contribution in [0.3, 0.4) is 0 Å². The third-order valence-electron chi connectivity index (χ3n) is 3.43. The third kappa shape index (κ3) is 3.33. The van der Waals surface area contributed by atoms with E-state index in [2.05, 4.69) is 18.4 Å². The number of hydrogen-bond donors (Lipinski definition) is 1. The molecule has 3 nitrogen and oxygen atoms in total. The van der Waals surface area contributed by atoms with Gasteiger partial charge in [-0.3, -0.25) is 4.79 Å². The maximum Gasteiger partial charge on any atom is 0.222 e. The second-order valence-electron chi connectivity index (χ2n) is 5.16. The average molecular weight is 267 g/mol. The van der Waals surface area contributed by atoms with Crippen molar-refractivity contribution in [2.75, 3.05) is 13.1 Å². The molecule has 1 fully saturated rings. The van der Waals surface area contributed by atoms with E-state index in [9.17, 15) is 9.90 Å². The standard InChI is InChI=1S/C14H21NO2S/c1-2-8-14(17)10-15(11-14)13(16)7-3-5-12-6-4-9-18-12/h4,6,9,17H,2-3,5,7-8,10-11H2,1H3. The SMILES string of the molecule is CCCC1(O)CN(C(=O)CCCc2cccs2)C1. The highest BCUT2D eigenvalue weighted by Crippen LogP contribution is 2.26. The van der Waals surface area contributed by atoms with Crippen LogP contribution < -0.4 is 0 Å². The van der Waals surface area contributed by atoms with E-state index in [0.717, 1.165) is 25.7 Å². The lowest BCUT2D eigenvalue weighted by Crippen LogP contribution is -2.63. The van der Waals surface area contributed by atoms with Gasteiger partial charge >= 0.3 is 0 Å². The molecule has 2 rings (SSSR count). The van der Waals surface area contributed by atoms with Crippen molar-refractivity contribution in [1.29, 1.82) is 0 Å². The van der Waals surface area contributed by atoms with Gasteiger partial charge in [0.15, 0.2) is 0 Å². The molecule has 1 N–H and O–H groups in total. The Morgan fingerprint density at radius 2 is 2.33 bits per heavy atom. The topological polar surface area (TPSA) is 40.5 Å². The lowest BCUT2D eigenvalue weighted by atomic mass is 9.89. The van der Waals surface area contributed by atoms with Crippen molar-refractivity contribution in [2.45, 2.75) is 44.6 Å². The molecule has 0 unspecified atom stereocenters. The van der Waals surface area contributed by atoms with Crippen molar-refractivity contribution in [3.05, 3.63) is 22.4 Å². The summed E-state index contributed by atoms with van der Waals surface area (Å²) in [6, 6.07) is 4.15. The van der Waals surface area contributed by atoms with Crippen LogP contribution in [0.15, 0.2) is 17.5 Å². The van der Waals surface area contributed by atoms with Crippen LogP contribution in [-0.2, 0) is 11.2 Å². The highest BCUT2D eigenvalue weighted by molar-refractivity contribution is 7.09. The zero-order valence-corrected chi connectivity index (χ0v) is 11.7. The smallest absolute Gasteiger partial charge is 0.222 e. The fourth-order valence-electron chi connectivity index (χ4n) is 2.49. The van der Waals surface area contributed by atoms with E-state index in [1.807, 2.05) is 6.07 Å². The summed E-state index contributed by atoms with van der Waals surface area (Å²) < 4.78 is 0. The van der Waals surface area contributed by atoms with Gasteiger partial charge in [-0.15, -0.1) is 11.3 Å². The molecule has 1 aromatic rings. The lowest BCUT2D eigenvalue weighted by molar-refractivity contribution is -0.156. The first-order valence-corrected chi connectivity index (χ1v) is 7.53. The number of nitrogens with zero attached hydrogens (tertiary/aromatic N) is 1. The van der Waals surface area contributed by atoms with Gasteiger partial charge in [-0.2, -0.15) is 0 Å². The summed E-state index contributed by atoms with van der Waals surface area (Å²) in [7, 11) is 0. The van der Waals surface area contributed by atoms with Crippen LogP contribution in [0.5, 0.6) is 0 Å². The molecular formula is C14H21NO2S. The van der Waals surface area contributed by atoms with E-state index in [1.54, 1.807) is 16.2 Å². The van der Waals surface area contributed by atoms with Gasteiger partial charge in [0.25, 0.3) is 0 Å². The minimum absolute atomic E-state index is 0.187. The number of aliphatic hydroxyl groups is 1. The molecule has 0 radical (unpaired) electrons. The van der Waals surface area contributed by atoms with Gasteiger partial charge in [-0.05, 0) is 30.7 Å². The quantitative estimate of drug-likeness (QED) is 0.860. The largest absolute Gasteiger partial charge is 0.386 e. The van der Waals surface area contributed by atoms with Crippen LogP contribution >= 0.6 is 11.3 Å². The Morgan fingerprint density at radius 3 is 2.94 bits per heavy atom. The van der Waals surface area contributed by atoms with E-state index in [1.165, 1.54) is 4.88 Å². The molecule has 0 bridgehead atoms. The van der Waals surface area contributed by atoms with E-state index in [-0.39, 0.29) is 5.91 Å². The normalized spacial score (nSPS) is 17.6. The Bertz CT molecular complexity index is 383. The van der Waals surface area contributed by atoms with Crippen molar-refractivity contribution in [1.82, 2.24) is 4.90 Å². The van der Waals surface area contributed by atoms with Crippen LogP contribution in [0.4, 0.5) is 0 Å². The molecule has 0 saturated carbocycles. The second-order valence-corrected chi connectivity index (χ2v) is 6.19. The number of likely N-dealkylation sites (tertiary alicyclic amines) is 1. The molecule has 100 valence electrons. The van der Waals surface area contributed by atoms with Crippen molar-refractivity contribution in [3.8, 4) is 0 Å². The van der Waals surface area contributed by atoms with E-state index >= 15 is 0 Å². The Labute approximate surface area is 112 Å². The number of β-amino-alcohol motifs (C(OH)–C–C–N with tert-alkyl or cyclic N) is 1. The number of thiophene rings is 1. The monoisotopic (exact) mass is 267 g/mol. The zero-order valence-electron chi connectivity index (χ0n) is 10.9. The molecule has 1 amide bonds. The molecule has 0 spiro atoms. The van der Waals surface area contributed by atoms with Crippen LogP contribution in [0.25, 0.3) is 0 Å². The predicted molar refractivity (Wildman–Crippen MR) is 73.7 cm³/mol. The molecule has 0 aromatic carbocycles. The van der Waals surface area contributed by atoms with Crippen molar-refractivity contribution in [2.24, 2.45) is 0 Å². The van der Waals surface area contributed by atoms with Crippen molar-refractivity contribution in [3.63, 3.8) is 0 Å². The van der Waals surface area contributed by atoms with Gasteiger partial charge in [-0.25, -0.2) is 0 Å². The number of hydrogen-bond acceptors (Lipinski definition) is 3. The molecule has 18 heavy (non-hydrogen) atoms. The van der Waals surface area contributed by atoms with Crippen molar-refractivity contribution < 1.29 is 9.90 Å². The zero-order chi connectivity index (χ0) is 13.0. The highest BCUT2D eigenvalue weighted by atomic mass is 32.1. The van der Waals surface area contributed by atoms with E-state index in [4.69, 9.17) is 0 Å². The highest BCUT2D eigenvalue weighted by Gasteiger charge is 2.42. The van der Waals surface area contributed by atoms with Crippen molar-refractivity contribution >= 4 is 17.2 Å². The van der Waals surface area contributed by atoms with E-state index < -0.39 is 5.60 Å². The van der Waals surface area contributed by atoms with Crippen LogP contribution in [0.2, 0.25) is 0 Å². The molecule has 1 aliphatic heterocycles. The number of amides is 1. The molecule has 4 heteroatoms. The molecular weight excluding hydrogens is 246 g/mol. The van der Waals surface area contributed by atoms with Gasteiger partial charge in [0.2, 0.25) is 5.91 Å². The average Bonchev–Trinajstić information content (AvgIpc) is 2.79. The Hall–Kier alpha value is -0.870. The van der Waals surface area contributed by atoms with Gasteiger partial charge in [0.05, 0.1) is 18.7 Å². The molecule has 1 saturated heterocycles. The summed E-state index contributed by atoms with van der Waals surface area (Å²) in [5.41, 5.74) is -0.599. The van der Waals surface area contributed by atoms with Gasteiger partial charge in [0.1, 0.15) is 0 Å². The Balaban J connectivity index is 1.65.